The first kappa shape index (κ1) is 19.4. The van der Waals surface area contributed by atoms with E-state index in [2.05, 4.69) is 15.6 Å². The number of pyridine rings is 1. The predicted octanol–water partition coefficient (Wildman–Crippen LogP) is 2.23. The average Bonchev–Trinajstić information content (AvgIpc) is 3.29. The van der Waals surface area contributed by atoms with Gasteiger partial charge >= 0.3 is 0 Å². The van der Waals surface area contributed by atoms with E-state index in [1.165, 1.54) is 0 Å². The molecule has 1 aliphatic heterocycles. The molecule has 0 saturated carbocycles. The highest BCUT2D eigenvalue weighted by molar-refractivity contribution is 5.94. The third-order valence-electron chi connectivity index (χ3n) is 4.84. The van der Waals surface area contributed by atoms with Crippen molar-refractivity contribution < 1.29 is 14.3 Å². The number of unbranched alkanes of at least 4 members (excludes halogenated alkanes) is 2. The first-order valence-corrected chi connectivity index (χ1v) is 9.75. The highest BCUT2D eigenvalue weighted by Gasteiger charge is 2.16. The van der Waals surface area contributed by atoms with E-state index in [1.807, 2.05) is 35.7 Å². The van der Waals surface area contributed by atoms with Crippen molar-refractivity contribution in [1.29, 1.82) is 0 Å². The topological polar surface area (TPSA) is 84.7 Å². The van der Waals surface area contributed by atoms with Crippen molar-refractivity contribution in [2.75, 3.05) is 19.7 Å². The van der Waals surface area contributed by atoms with E-state index in [0.717, 1.165) is 50.1 Å². The molecule has 3 rings (SSSR count). The van der Waals surface area contributed by atoms with E-state index in [1.54, 1.807) is 0 Å². The van der Waals surface area contributed by atoms with Gasteiger partial charge in [0.15, 0.2) is 0 Å². The van der Waals surface area contributed by atoms with Crippen LogP contribution in [0.1, 0.15) is 54.7 Å². The van der Waals surface area contributed by atoms with Gasteiger partial charge in [-0.25, -0.2) is 4.98 Å². The van der Waals surface area contributed by atoms with Crippen LogP contribution in [0.2, 0.25) is 0 Å². The van der Waals surface area contributed by atoms with Gasteiger partial charge in [-0.1, -0.05) is 12.5 Å². The molecule has 27 heavy (non-hydrogen) atoms. The summed E-state index contributed by atoms with van der Waals surface area (Å²) in [6.45, 7) is 3.86. The van der Waals surface area contributed by atoms with Crippen LogP contribution in [-0.4, -0.2) is 47.0 Å². The van der Waals surface area contributed by atoms with Gasteiger partial charge in [0.2, 0.25) is 5.91 Å². The molecule has 0 aromatic carbocycles. The molecule has 0 radical (unpaired) electrons. The Balaban J connectivity index is 1.31. The van der Waals surface area contributed by atoms with Gasteiger partial charge in [0.1, 0.15) is 11.3 Å². The molecule has 0 spiro atoms. The van der Waals surface area contributed by atoms with Crippen molar-refractivity contribution in [1.82, 2.24) is 20.0 Å². The number of carbonyl (C=O) groups excluding carboxylic acids is 2. The third kappa shape index (κ3) is 5.29. The van der Waals surface area contributed by atoms with Gasteiger partial charge in [-0.2, -0.15) is 0 Å². The highest BCUT2D eigenvalue weighted by Crippen LogP contribution is 2.12. The van der Waals surface area contributed by atoms with Gasteiger partial charge < -0.3 is 15.4 Å². The summed E-state index contributed by atoms with van der Waals surface area (Å²) in [6, 6.07) is 5.67. The van der Waals surface area contributed by atoms with Crippen LogP contribution < -0.4 is 10.6 Å². The van der Waals surface area contributed by atoms with Gasteiger partial charge in [0.05, 0.1) is 11.8 Å². The second-order valence-electron chi connectivity index (χ2n) is 6.98. The summed E-state index contributed by atoms with van der Waals surface area (Å²) >= 11 is 0. The number of rotatable bonds is 9. The van der Waals surface area contributed by atoms with Gasteiger partial charge in [-0.3, -0.25) is 14.0 Å². The summed E-state index contributed by atoms with van der Waals surface area (Å²) < 4.78 is 7.30. The minimum atomic E-state index is -0.111. The maximum atomic E-state index is 12.4. The van der Waals surface area contributed by atoms with Crippen LogP contribution in [0.25, 0.3) is 5.65 Å². The van der Waals surface area contributed by atoms with Crippen LogP contribution in [-0.2, 0) is 9.53 Å². The number of ether oxygens (including phenoxy) is 1. The minimum Gasteiger partial charge on any atom is -0.376 e. The van der Waals surface area contributed by atoms with Crippen LogP contribution >= 0.6 is 0 Å². The highest BCUT2D eigenvalue weighted by atomic mass is 16.5. The standard InChI is InChI=1S/C20H28N4O3/c1-15-19(24-12-6-4-9-17(24)23-15)20(26)21-11-5-2-3-10-18(25)22-14-16-8-7-13-27-16/h4,6,9,12,16H,2-3,5,7-8,10-11,13-14H2,1H3,(H,21,26)(H,22,25). The number of nitrogens with one attached hydrogen (secondary N) is 2. The molecule has 0 bridgehead atoms. The molecule has 146 valence electrons. The molecule has 2 N–H and O–H groups in total. The molecule has 1 atom stereocenters. The number of fused-ring (bicyclic) bond motifs is 1. The number of imidazole rings is 1. The monoisotopic (exact) mass is 372 g/mol. The summed E-state index contributed by atoms with van der Waals surface area (Å²) in [5.74, 6) is -0.0311. The van der Waals surface area contributed by atoms with Gasteiger partial charge in [0, 0.05) is 32.3 Å². The number of nitrogens with zero attached hydrogens (tertiary/aromatic N) is 2. The number of aromatic nitrogens is 2. The smallest absolute Gasteiger partial charge is 0.270 e. The third-order valence-corrected chi connectivity index (χ3v) is 4.84. The lowest BCUT2D eigenvalue weighted by Gasteiger charge is -2.10. The lowest BCUT2D eigenvalue weighted by molar-refractivity contribution is -0.121. The van der Waals surface area contributed by atoms with Gasteiger partial charge in [-0.15, -0.1) is 0 Å². The van der Waals surface area contributed by atoms with E-state index >= 15 is 0 Å². The second kappa shape index (κ2) is 9.50. The fraction of sp³-hybridized carbons (Fsp3) is 0.550. The Morgan fingerprint density at radius 1 is 1.26 bits per heavy atom. The zero-order valence-electron chi connectivity index (χ0n) is 15.9. The molecule has 3 heterocycles. The van der Waals surface area contributed by atoms with Crippen molar-refractivity contribution in [2.45, 2.75) is 51.6 Å². The maximum Gasteiger partial charge on any atom is 0.270 e. The summed E-state index contributed by atoms with van der Waals surface area (Å²) in [6.07, 6.45) is 7.24. The predicted molar refractivity (Wildman–Crippen MR) is 103 cm³/mol. The molecular weight excluding hydrogens is 344 g/mol. The second-order valence-corrected chi connectivity index (χ2v) is 6.98. The summed E-state index contributed by atoms with van der Waals surface area (Å²) in [7, 11) is 0. The Kier molecular flexibility index (Phi) is 6.81. The van der Waals surface area contributed by atoms with E-state index in [9.17, 15) is 9.59 Å². The van der Waals surface area contributed by atoms with Crippen LogP contribution in [0.3, 0.4) is 0 Å². The lowest BCUT2D eigenvalue weighted by Crippen LogP contribution is -2.31. The maximum absolute atomic E-state index is 12.4. The van der Waals surface area contributed by atoms with Crippen molar-refractivity contribution >= 4 is 17.5 Å². The van der Waals surface area contributed by atoms with Gasteiger partial charge in [-0.05, 0) is 44.7 Å². The Labute approximate surface area is 159 Å². The Morgan fingerprint density at radius 3 is 2.96 bits per heavy atom. The van der Waals surface area contributed by atoms with E-state index in [-0.39, 0.29) is 17.9 Å². The fourth-order valence-electron chi connectivity index (χ4n) is 3.38. The normalized spacial score (nSPS) is 16.6. The molecule has 2 aromatic heterocycles. The number of hydrogen-bond acceptors (Lipinski definition) is 4. The quantitative estimate of drug-likeness (QED) is 0.661. The van der Waals surface area contributed by atoms with E-state index < -0.39 is 0 Å². The molecule has 1 saturated heterocycles. The zero-order valence-corrected chi connectivity index (χ0v) is 15.9. The van der Waals surface area contributed by atoms with Crippen molar-refractivity contribution in [2.24, 2.45) is 0 Å². The summed E-state index contributed by atoms with van der Waals surface area (Å²) in [4.78, 5) is 28.7. The van der Waals surface area contributed by atoms with Crippen LogP contribution in [0.4, 0.5) is 0 Å². The van der Waals surface area contributed by atoms with E-state index in [0.29, 0.717) is 25.2 Å². The molecule has 2 amide bonds. The molecule has 7 heteroatoms. The molecular formula is C20H28N4O3. The molecule has 7 nitrogen and oxygen atoms in total. The Morgan fingerprint density at radius 2 is 2.15 bits per heavy atom. The molecule has 2 aromatic rings. The molecule has 0 aliphatic carbocycles. The minimum absolute atomic E-state index is 0.0795. The fourth-order valence-corrected chi connectivity index (χ4v) is 3.38. The van der Waals surface area contributed by atoms with Crippen LogP contribution in [0, 0.1) is 6.92 Å². The lowest BCUT2D eigenvalue weighted by atomic mass is 10.2. The number of hydrogen-bond donors (Lipinski definition) is 2. The molecule has 1 fully saturated rings. The van der Waals surface area contributed by atoms with Crippen molar-refractivity contribution in [3.05, 3.63) is 35.8 Å². The first-order valence-electron chi connectivity index (χ1n) is 9.75. The summed E-state index contributed by atoms with van der Waals surface area (Å²) in [5.41, 5.74) is 2.08. The summed E-state index contributed by atoms with van der Waals surface area (Å²) in [5, 5.41) is 5.88. The SMILES string of the molecule is Cc1nc2ccccn2c1C(=O)NCCCCCC(=O)NCC1CCCO1. The largest absolute Gasteiger partial charge is 0.376 e. The Bertz CT molecular complexity index is 781. The number of aryl methyl sites for hydroxylation is 1. The van der Waals surface area contributed by atoms with Crippen molar-refractivity contribution in [3.63, 3.8) is 0 Å². The van der Waals surface area contributed by atoms with Crippen LogP contribution in [0.5, 0.6) is 0 Å². The zero-order chi connectivity index (χ0) is 19.1. The number of carbonyl (C=O) groups is 2. The number of amides is 2. The van der Waals surface area contributed by atoms with E-state index in [4.69, 9.17) is 4.74 Å². The van der Waals surface area contributed by atoms with Crippen molar-refractivity contribution in [3.8, 4) is 0 Å². The average molecular weight is 372 g/mol. The molecule has 1 unspecified atom stereocenters. The Hall–Kier alpha value is -2.41. The van der Waals surface area contributed by atoms with Crippen LogP contribution in [0.15, 0.2) is 24.4 Å². The van der Waals surface area contributed by atoms with Gasteiger partial charge in [0.25, 0.3) is 5.91 Å². The first-order chi connectivity index (χ1) is 13.1. The molecule has 1 aliphatic rings.